The average molecular weight is 309 g/mol. The molecule has 0 spiro atoms. The summed E-state index contributed by atoms with van der Waals surface area (Å²) in [5.74, 6) is -0.442. The van der Waals surface area contributed by atoms with Gasteiger partial charge in [0, 0.05) is 17.6 Å². The summed E-state index contributed by atoms with van der Waals surface area (Å²) in [7, 11) is 1.32. The minimum Gasteiger partial charge on any atom is -0.465 e. The van der Waals surface area contributed by atoms with Crippen molar-refractivity contribution in [1.82, 2.24) is 19.6 Å². The smallest absolute Gasteiger partial charge is 0.341 e. The van der Waals surface area contributed by atoms with Gasteiger partial charge in [0.15, 0.2) is 5.69 Å². The molecule has 0 atom stereocenters. The fourth-order valence-corrected chi connectivity index (χ4v) is 2.43. The van der Waals surface area contributed by atoms with Crippen LogP contribution in [0.1, 0.15) is 35.9 Å². The molecule has 2 aromatic heterocycles. The van der Waals surface area contributed by atoms with E-state index in [1.165, 1.54) is 13.3 Å². The number of fused-ring (bicyclic) bond motifs is 1. The molecule has 0 fully saturated rings. The van der Waals surface area contributed by atoms with E-state index < -0.39 is 5.97 Å². The molecule has 0 aliphatic heterocycles. The van der Waals surface area contributed by atoms with E-state index in [1.54, 1.807) is 10.9 Å². The molecule has 116 valence electrons. The lowest BCUT2D eigenvalue weighted by atomic mass is 10.2. The van der Waals surface area contributed by atoms with Crippen molar-refractivity contribution in [1.29, 1.82) is 5.26 Å². The fraction of sp³-hybridized carbons (Fsp3) is 0.250. The van der Waals surface area contributed by atoms with Gasteiger partial charge in [-0.3, -0.25) is 4.68 Å². The first-order chi connectivity index (χ1) is 11.0. The summed E-state index contributed by atoms with van der Waals surface area (Å²) in [6.45, 7) is 4.02. The van der Waals surface area contributed by atoms with E-state index in [9.17, 15) is 10.1 Å². The van der Waals surface area contributed by atoms with E-state index in [0.29, 0.717) is 11.3 Å². The van der Waals surface area contributed by atoms with Crippen LogP contribution in [-0.4, -0.2) is 32.6 Å². The van der Waals surface area contributed by atoms with Gasteiger partial charge in [0.2, 0.25) is 0 Å². The molecule has 0 aliphatic carbocycles. The first-order valence-electron chi connectivity index (χ1n) is 7.11. The summed E-state index contributed by atoms with van der Waals surface area (Å²) in [4.78, 5) is 11.5. The number of hydrogen-bond donors (Lipinski definition) is 0. The number of carbonyl (C=O) groups is 1. The molecule has 0 aliphatic rings. The third-order valence-corrected chi connectivity index (χ3v) is 3.55. The van der Waals surface area contributed by atoms with E-state index in [1.807, 2.05) is 36.7 Å². The zero-order valence-corrected chi connectivity index (χ0v) is 13.0. The Morgan fingerprint density at radius 2 is 2.17 bits per heavy atom. The van der Waals surface area contributed by atoms with E-state index in [-0.39, 0.29) is 6.04 Å². The van der Waals surface area contributed by atoms with Crippen molar-refractivity contribution < 1.29 is 9.53 Å². The minimum atomic E-state index is -0.442. The summed E-state index contributed by atoms with van der Waals surface area (Å²) < 4.78 is 8.06. The highest BCUT2D eigenvalue weighted by Gasteiger charge is 2.14. The normalized spacial score (nSPS) is 10.9. The van der Waals surface area contributed by atoms with E-state index >= 15 is 0 Å². The summed E-state index contributed by atoms with van der Waals surface area (Å²) >= 11 is 0. The number of carbonyl (C=O) groups excluding carboxylic acids is 1. The van der Waals surface area contributed by atoms with Crippen molar-refractivity contribution in [2.24, 2.45) is 0 Å². The van der Waals surface area contributed by atoms with Gasteiger partial charge in [-0.1, -0.05) is 0 Å². The zero-order chi connectivity index (χ0) is 16.6. The Hall–Kier alpha value is -3.14. The van der Waals surface area contributed by atoms with E-state index in [0.717, 1.165) is 16.6 Å². The lowest BCUT2D eigenvalue weighted by Crippen LogP contribution is -2.02. The second kappa shape index (κ2) is 5.57. The molecular weight excluding hydrogens is 294 g/mol. The zero-order valence-electron chi connectivity index (χ0n) is 13.0. The van der Waals surface area contributed by atoms with Crippen LogP contribution in [-0.2, 0) is 4.74 Å². The summed E-state index contributed by atoms with van der Waals surface area (Å²) in [5.41, 5.74) is 2.37. The number of rotatable bonds is 3. The highest BCUT2D eigenvalue weighted by atomic mass is 16.5. The second-order valence-electron chi connectivity index (χ2n) is 5.37. The maximum atomic E-state index is 11.5. The van der Waals surface area contributed by atoms with Crippen LogP contribution in [0, 0.1) is 11.3 Å². The number of ether oxygens (including phenoxy) is 1. The van der Waals surface area contributed by atoms with Gasteiger partial charge in [0.05, 0.1) is 30.1 Å². The maximum absolute atomic E-state index is 11.5. The van der Waals surface area contributed by atoms with E-state index in [4.69, 9.17) is 0 Å². The Morgan fingerprint density at radius 1 is 1.39 bits per heavy atom. The molecular formula is C16H15N5O2. The quantitative estimate of drug-likeness (QED) is 0.694. The Bertz CT molecular complexity index is 930. The van der Waals surface area contributed by atoms with Gasteiger partial charge in [-0.05, 0) is 32.0 Å². The SMILES string of the molecule is COC(=O)c1cnn(-c2ccc3c(c2)c(C#N)nn3C(C)C)c1. The summed E-state index contributed by atoms with van der Waals surface area (Å²) in [5, 5.41) is 18.6. The second-order valence-corrected chi connectivity index (χ2v) is 5.37. The van der Waals surface area contributed by atoms with Crippen LogP contribution >= 0.6 is 0 Å². The van der Waals surface area contributed by atoms with Crippen LogP contribution in [0.4, 0.5) is 0 Å². The number of nitrogens with zero attached hydrogens (tertiary/aromatic N) is 5. The molecule has 23 heavy (non-hydrogen) atoms. The van der Waals surface area contributed by atoms with Gasteiger partial charge < -0.3 is 4.74 Å². The number of aromatic nitrogens is 4. The minimum absolute atomic E-state index is 0.154. The molecule has 3 rings (SSSR count). The highest BCUT2D eigenvalue weighted by Crippen LogP contribution is 2.24. The highest BCUT2D eigenvalue weighted by molar-refractivity contribution is 5.89. The molecule has 0 bridgehead atoms. The predicted molar refractivity (Wildman–Crippen MR) is 83.3 cm³/mol. The Morgan fingerprint density at radius 3 is 2.83 bits per heavy atom. The van der Waals surface area contributed by atoms with Gasteiger partial charge in [0.25, 0.3) is 0 Å². The topological polar surface area (TPSA) is 85.7 Å². The Kier molecular flexibility index (Phi) is 3.58. The van der Waals surface area contributed by atoms with Gasteiger partial charge >= 0.3 is 5.97 Å². The number of benzene rings is 1. The molecule has 0 N–H and O–H groups in total. The number of nitriles is 1. The van der Waals surface area contributed by atoms with Crippen molar-refractivity contribution in [3.05, 3.63) is 41.9 Å². The summed E-state index contributed by atoms with van der Waals surface area (Å²) in [6, 6.07) is 7.89. The lowest BCUT2D eigenvalue weighted by molar-refractivity contribution is 0.0600. The van der Waals surface area contributed by atoms with Gasteiger partial charge in [0.1, 0.15) is 6.07 Å². The van der Waals surface area contributed by atoms with Crippen molar-refractivity contribution in [3.63, 3.8) is 0 Å². The average Bonchev–Trinajstić information content (AvgIpc) is 3.18. The Labute approximate surface area is 132 Å². The third-order valence-electron chi connectivity index (χ3n) is 3.55. The predicted octanol–water partition coefficient (Wildman–Crippen LogP) is 2.46. The molecule has 7 nitrogen and oxygen atoms in total. The number of methoxy groups -OCH3 is 1. The largest absolute Gasteiger partial charge is 0.465 e. The molecule has 0 radical (unpaired) electrons. The molecule has 0 saturated carbocycles. The molecule has 0 saturated heterocycles. The van der Waals surface area contributed by atoms with Crippen LogP contribution in [0.5, 0.6) is 0 Å². The monoisotopic (exact) mass is 309 g/mol. The molecule has 1 aromatic carbocycles. The number of esters is 1. The molecule has 0 amide bonds. The van der Waals surface area contributed by atoms with Crippen LogP contribution < -0.4 is 0 Å². The first-order valence-corrected chi connectivity index (χ1v) is 7.11. The van der Waals surface area contributed by atoms with Gasteiger partial charge in [-0.25, -0.2) is 9.48 Å². The van der Waals surface area contributed by atoms with Crippen molar-refractivity contribution in [2.45, 2.75) is 19.9 Å². The van der Waals surface area contributed by atoms with Crippen LogP contribution in [0.15, 0.2) is 30.6 Å². The number of hydrogen-bond acceptors (Lipinski definition) is 5. The van der Waals surface area contributed by atoms with E-state index in [2.05, 4.69) is 21.0 Å². The molecule has 0 unspecified atom stereocenters. The third kappa shape index (κ3) is 2.44. The maximum Gasteiger partial charge on any atom is 0.341 e. The molecule has 7 heteroatoms. The molecule has 3 aromatic rings. The Balaban J connectivity index is 2.12. The van der Waals surface area contributed by atoms with Crippen molar-refractivity contribution >= 4 is 16.9 Å². The standard InChI is InChI=1S/C16H15N5O2/c1-10(2)21-15-5-4-12(6-13(15)14(7-17)19-21)20-9-11(8-18-20)16(22)23-3/h4-6,8-10H,1-3H3. The lowest BCUT2D eigenvalue weighted by Gasteiger charge is -2.07. The summed E-state index contributed by atoms with van der Waals surface area (Å²) in [6.07, 6.45) is 3.03. The fourth-order valence-electron chi connectivity index (χ4n) is 2.43. The van der Waals surface area contributed by atoms with Crippen LogP contribution in [0.25, 0.3) is 16.6 Å². The van der Waals surface area contributed by atoms with Gasteiger partial charge in [-0.2, -0.15) is 15.5 Å². The van der Waals surface area contributed by atoms with Crippen molar-refractivity contribution in [2.75, 3.05) is 7.11 Å². The van der Waals surface area contributed by atoms with Crippen molar-refractivity contribution in [3.8, 4) is 11.8 Å². The molecule has 2 heterocycles. The first kappa shape index (κ1) is 14.8. The van der Waals surface area contributed by atoms with Gasteiger partial charge in [-0.15, -0.1) is 0 Å². The van der Waals surface area contributed by atoms with Crippen LogP contribution in [0.3, 0.4) is 0 Å². The van der Waals surface area contributed by atoms with Crippen LogP contribution in [0.2, 0.25) is 0 Å².